The second kappa shape index (κ2) is 17.4. The maximum Gasteiger partial charge on any atom is 0.253 e. The second-order valence-electron chi connectivity index (χ2n) is 17.2. The largest absolute Gasteiger partial charge is 0.502 e. The number of aromatic hydroxyl groups is 1. The Labute approximate surface area is 366 Å². The smallest absolute Gasteiger partial charge is 0.253 e. The number of carbonyl (C=O) groups is 2. The van der Waals surface area contributed by atoms with Gasteiger partial charge in [0.15, 0.2) is 17.7 Å². The lowest BCUT2D eigenvalue weighted by Crippen LogP contribution is -2.47. The molecule has 0 radical (unpaired) electrons. The van der Waals surface area contributed by atoms with Gasteiger partial charge in [-0.05, 0) is 73.4 Å². The van der Waals surface area contributed by atoms with E-state index in [9.17, 15) is 30.0 Å². The summed E-state index contributed by atoms with van der Waals surface area (Å²) in [5, 5.41) is 53.0. The number of carbonyl (C=O) groups excluding carboxylic acids is 2. The van der Waals surface area contributed by atoms with Crippen molar-refractivity contribution < 1.29 is 53.7 Å². The van der Waals surface area contributed by atoms with E-state index >= 15 is 0 Å². The van der Waals surface area contributed by atoms with Gasteiger partial charge in [-0.2, -0.15) is 0 Å². The fourth-order valence-electron chi connectivity index (χ4n) is 10.8. The van der Waals surface area contributed by atoms with E-state index < -0.39 is 29.6 Å². The molecule has 1 fully saturated rings. The lowest BCUT2D eigenvalue weighted by Gasteiger charge is -2.46. The van der Waals surface area contributed by atoms with Crippen LogP contribution in [0.15, 0.2) is 66.7 Å². The predicted molar refractivity (Wildman–Crippen MR) is 233 cm³/mol. The molecule has 0 saturated heterocycles. The number of benzene rings is 4. The van der Waals surface area contributed by atoms with Gasteiger partial charge in [0.25, 0.3) is 11.8 Å². The third-order valence-corrected chi connectivity index (χ3v) is 13.9. The Hall–Kier alpha value is -5.80. The van der Waals surface area contributed by atoms with E-state index in [1.165, 1.54) is 24.2 Å². The first-order valence-electron chi connectivity index (χ1n) is 21.9. The van der Waals surface area contributed by atoms with Gasteiger partial charge in [0.2, 0.25) is 5.75 Å². The van der Waals surface area contributed by atoms with Crippen LogP contribution in [0, 0.1) is 11.8 Å². The summed E-state index contributed by atoms with van der Waals surface area (Å²) >= 11 is 0. The molecule has 9 rings (SSSR count). The van der Waals surface area contributed by atoms with Crippen molar-refractivity contribution in [1.82, 2.24) is 10.2 Å². The molecule has 3 aliphatic heterocycles. The number of phenols is 1. The van der Waals surface area contributed by atoms with Crippen LogP contribution in [0.1, 0.15) is 84.2 Å². The molecule has 63 heavy (non-hydrogen) atoms. The maximum atomic E-state index is 12.5. The molecule has 2 amide bonds. The summed E-state index contributed by atoms with van der Waals surface area (Å²) in [6.07, 6.45) is 4.74. The lowest BCUT2D eigenvalue weighted by atomic mass is 9.59. The number of fused-ring (bicyclic) bond motifs is 2. The zero-order chi connectivity index (χ0) is 44.0. The van der Waals surface area contributed by atoms with Gasteiger partial charge < -0.3 is 49.4 Å². The highest BCUT2D eigenvalue weighted by atomic mass is 16.5. The fourth-order valence-corrected chi connectivity index (χ4v) is 10.8. The maximum absolute atomic E-state index is 12.5. The SMILES string of the molecule is CCNCOc1cc(OC)c2c3c1C(O)Nc1cc4c(c(c1-3)CC2)C(O)C(c1cc(OC)c(O)c(OCC(CO)C2(c3ccccc3)CCCC(CN3C(=O)C=CC3=O)C2)c1)CO4. The Morgan fingerprint density at radius 3 is 2.40 bits per heavy atom. The molecule has 6 atom stereocenters. The molecule has 3 heterocycles. The highest BCUT2D eigenvalue weighted by molar-refractivity contribution is 6.12. The third kappa shape index (κ3) is 7.42. The first-order valence-corrected chi connectivity index (χ1v) is 21.9. The van der Waals surface area contributed by atoms with Crippen LogP contribution in [0.3, 0.4) is 0 Å². The summed E-state index contributed by atoms with van der Waals surface area (Å²) in [5.74, 6) is 0.123. The highest BCUT2D eigenvalue weighted by Gasteiger charge is 2.46. The Balaban J connectivity index is 1.03. The summed E-state index contributed by atoms with van der Waals surface area (Å²) in [6, 6.07) is 17.1. The number of rotatable bonds is 15. The van der Waals surface area contributed by atoms with Crippen LogP contribution < -0.4 is 34.3 Å². The molecular weight excluding hydrogens is 807 g/mol. The molecule has 4 aromatic rings. The molecule has 14 heteroatoms. The molecule has 6 unspecified atom stereocenters. The average Bonchev–Trinajstić information content (AvgIpc) is 3.61. The lowest BCUT2D eigenvalue weighted by molar-refractivity contribution is -0.138. The molecule has 6 N–H and O–H groups in total. The number of aliphatic hydroxyl groups excluding tert-OH is 3. The van der Waals surface area contributed by atoms with Crippen LogP contribution in [-0.4, -0.2) is 91.0 Å². The number of nitrogens with zero attached hydrogens (tertiary/aromatic N) is 1. The van der Waals surface area contributed by atoms with E-state index in [1.807, 2.05) is 37.3 Å². The molecule has 0 aromatic heterocycles. The van der Waals surface area contributed by atoms with Crippen molar-refractivity contribution >= 4 is 17.5 Å². The molecule has 14 nitrogen and oxygen atoms in total. The Bertz CT molecular complexity index is 2420. The second-order valence-corrected chi connectivity index (χ2v) is 17.2. The van der Waals surface area contributed by atoms with Gasteiger partial charge in [-0.3, -0.25) is 19.8 Å². The first-order chi connectivity index (χ1) is 30.6. The van der Waals surface area contributed by atoms with Crippen molar-refractivity contribution in [3.05, 3.63) is 100 Å². The van der Waals surface area contributed by atoms with Crippen molar-refractivity contribution in [3.8, 4) is 45.6 Å². The minimum atomic E-state index is -1.06. The number of hydrogen-bond donors (Lipinski definition) is 6. The van der Waals surface area contributed by atoms with Crippen LogP contribution in [0.5, 0.6) is 34.5 Å². The molecular formula is C49H55N3O11. The van der Waals surface area contributed by atoms with Crippen LogP contribution in [-0.2, 0) is 27.8 Å². The first kappa shape index (κ1) is 42.5. The number of hydrogen-bond acceptors (Lipinski definition) is 13. The van der Waals surface area contributed by atoms with Crippen molar-refractivity contribution in [2.45, 2.75) is 69.1 Å². The highest BCUT2D eigenvalue weighted by Crippen LogP contribution is 2.58. The zero-order valence-electron chi connectivity index (χ0n) is 35.8. The molecule has 332 valence electrons. The number of nitrogens with one attached hydrogen (secondary N) is 2. The zero-order valence-corrected chi connectivity index (χ0v) is 35.8. The van der Waals surface area contributed by atoms with Crippen molar-refractivity contribution in [1.29, 1.82) is 0 Å². The number of ether oxygens (including phenoxy) is 5. The van der Waals surface area contributed by atoms with Gasteiger partial charge in [0.05, 0.1) is 39.1 Å². The fraction of sp³-hybridized carbons (Fsp3) is 0.429. The van der Waals surface area contributed by atoms with E-state index in [-0.39, 0.29) is 61.5 Å². The van der Waals surface area contributed by atoms with E-state index in [0.29, 0.717) is 72.0 Å². The van der Waals surface area contributed by atoms with Crippen LogP contribution in [0.2, 0.25) is 0 Å². The summed E-state index contributed by atoms with van der Waals surface area (Å²) in [5.41, 5.74) is 6.60. The Kier molecular flexibility index (Phi) is 11.7. The number of aliphatic hydroxyl groups is 3. The van der Waals surface area contributed by atoms with Crippen molar-refractivity contribution in [2.75, 3.05) is 59.2 Å². The molecule has 0 spiro atoms. The normalized spacial score (nSPS) is 23.6. The average molecular weight is 862 g/mol. The molecule has 2 aliphatic carbocycles. The van der Waals surface area contributed by atoms with Crippen LogP contribution in [0.4, 0.5) is 5.69 Å². The standard InChI is InChI=1S/C49H55N3O11/c1-4-50-26-63-37-20-35(59-2)31-12-13-32-42-34(51-48(58)45(37)44(31)42)19-36-43(32)46(56)33(25-62-36)28-17-38(60-3)47(57)39(18-28)61-24-30(23-53)49(29-10-6-5-7-11-29)16-8-9-27(21-49)22-52-40(54)14-15-41(52)55/h5-7,10-11,14-15,17-20,27,30,33,46,48,50-51,53,56-58H,4,8-9,12-13,16,21-26H2,1-3H3. The molecule has 5 aliphatic rings. The minimum absolute atomic E-state index is 0.00515. The van der Waals surface area contributed by atoms with E-state index in [2.05, 4.69) is 22.8 Å². The van der Waals surface area contributed by atoms with E-state index in [1.54, 1.807) is 19.2 Å². The molecule has 1 saturated carbocycles. The molecule has 4 aromatic carbocycles. The van der Waals surface area contributed by atoms with Gasteiger partial charge in [-0.15, -0.1) is 0 Å². The summed E-state index contributed by atoms with van der Waals surface area (Å²) in [7, 11) is 3.08. The quantitative estimate of drug-likeness (QED) is 0.0480. The Morgan fingerprint density at radius 1 is 0.921 bits per heavy atom. The van der Waals surface area contributed by atoms with Gasteiger partial charge in [0, 0.05) is 82.6 Å². The summed E-state index contributed by atoms with van der Waals surface area (Å²) in [4.78, 5) is 26.4. The summed E-state index contributed by atoms with van der Waals surface area (Å²) < 4.78 is 30.6. The number of anilines is 1. The van der Waals surface area contributed by atoms with Crippen LogP contribution in [0.25, 0.3) is 11.1 Å². The van der Waals surface area contributed by atoms with Gasteiger partial charge in [-0.1, -0.05) is 43.7 Å². The van der Waals surface area contributed by atoms with Gasteiger partial charge in [0.1, 0.15) is 24.0 Å². The predicted octanol–water partition coefficient (Wildman–Crippen LogP) is 5.79. The monoisotopic (exact) mass is 861 g/mol. The third-order valence-electron chi connectivity index (χ3n) is 13.9. The Morgan fingerprint density at radius 2 is 1.67 bits per heavy atom. The van der Waals surface area contributed by atoms with Gasteiger partial charge >= 0.3 is 0 Å². The van der Waals surface area contributed by atoms with Crippen molar-refractivity contribution in [3.63, 3.8) is 0 Å². The number of amides is 2. The minimum Gasteiger partial charge on any atom is -0.502 e. The van der Waals surface area contributed by atoms with E-state index in [0.717, 1.165) is 47.1 Å². The topological polar surface area (TPSA) is 189 Å². The van der Waals surface area contributed by atoms with Crippen molar-refractivity contribution in [2.24, 2.45) is 11.8 Å². The number of imide groups is 1. The van der Waals surface area contributed by atoms with Crippen LogP contribution >= 0.6 is 0 Å². The van der Waals surface area contributed by atoms with Gasteiger partial charge in [-0.25, -0.2) is 0 Å². The number of methoxy groups -OCH3 is 2. The number of phenolic OH excluding ortho intramolecular Hbond substituents is 1. The van der Waals surface area contributed by atoms with E-state index in [4.69, 9.17) is 23.7 Å². The molecule has 0 bridgehead atoms. The summed E-state index contributed by atoms with van der Waals surface area (Å²) in [6.45, 7) is 3.17.